The molecule has 8 nitrogen and oxygen atoms in total. The standard InChI is InChI=1S/C19H23N5O3/c1-19(2,3)26-18(25)27-24-8-4-5-12(10-24)16-15-13-6-7-20-17(13)21-9-14(15)22-11-23-16/h6-7,9,11-12H,4-5,8,10H2,1-3H3,(H,20,21). The Labute approximate surface area is 156 Å². The van der Waals surface area contributed by atoms with Crippen LogP contribution >= 0.6 is 0 Å². The van der Waals surface area contributed by atoms with Gasteiger partial charge in [-0.3, -0.25) is 0 Å². The molecule has 1 fully saturated rings. The lowest BCUT2D eigenvalue weighted by molar-refractivity contribution is -0.153. The van der Waals surface area contributed by atoms with E-state index in [-0.39, 0.29) is 5.92 Å². The molecule has 1 aliphatic heterocycles. The fourth-order valence-corrected chi connectivity index (χ4v) is 3.51. The molecule has 1 atom stereocenters. The topological polar surface area (TPSA) is 93.2 Å². The predicted octanol–water partition coefficient (Wildman–Crippen LogP) is 3.55. The SMILES string of the molecule is CC(C)(C)OC(=O)ON1CCCC(c2ncnc3cnc4[nH]ccc4c23)C1. The minimum Gasteiger partial charge on any atom is -0.427 e. The van der Waals surface area contributed by atoms with E-state index in [1.54, 1.807) is 17.6 Å². The number of aromatic nitrogens is 4. The van der Waals surface area contributed by atoms with E-state index in [0.717, 1.165) is 40.5 Å². The number of nitrogens with zero attached hydrogens (tertiary/aromatic N) is 4. The Bertz CT molecular complexity index is 978. The third kappa shape index (κ3) is 3.71. The van der Waals surface area contributed by atoms with Gasteiger partial charge in [0.2, 0.25) is 0 Å². The maximum atomic E-state index is 12.0. The summed E-state index contributed by atoms with van der Waals surface area (Å²) in [5.74, 6) is 0.132. The fraction of sp³-hybridized carbons (Fsp3) is 0.474. The summed E-state index contributed by atoms with van der Waals surface area (Å²) in [5.41, 5.74) is 2.01. The highest BCUT2D eigenvalue weighted by molar-refractivity contribution is 6.04. The molecule has 0 saturated carbocycles. The van der Waals surface area contributed by atoms with Crippen molar-refractivity contribution in [3.05, 3.63) is 30.5 Å². The van der Waals surface area contributed by atoms with E-state index in [4.69, 9.17) is 9.57 Å². The number of H-pyrrole nitrogens is 1. The number of piperidine rings is 1. The van der Waals surface area contributed by atoms with Crippen LogP contribution in [-0.2, 0) is 9.57 Å². The van der Waals surface area contributed by atoms with Crippen LogP contribution in [0, 0.1) is 0 Å². The van der Waals surface area contributed by atoms with Crippen LogP contribution in [0.3, 0.4) is 0 Å². The van der Waals surface area contributed by atoms with E-state index in [1.807, 2.05) is 33.0 Å². The van der Waals surface area contributed by atoms with Crippen molar-refractivity contribution in [2.45, 2.75) is 45.1 Å². The molecule has 0 aromatic carbocycles. The van der Waals surface area contributed by atoms with Crippen LogP contribution in [0.2, 0.25) is 0 Å². The number of nitrogens with one attached hydrogen (secondary N) is 1. The molecule has 8 heteroatoms. The highest BCUT2D eigenvalue weighted by atomic mass is 16.8. The van der Waals surface area contributed by atoms with E-state index < -0.39 is 11.8 Å². The number of pyridine rings is 1. The van der Waals surface area contributed by atoms with Crippen LogP contribution in [0.5, 0.6) is 0 Å². The summed E-state index contributed by atoms with van der Waals surface area (Å²) in [7, 11) is 0. The van der Waals surface area contributed by atoms with Gasteiger partial charge in [0, 0.05) is 36.0 Å². The first-order chi connectivity index (χ1) is 12.9. The molecule has 1 unspecified atom stereocenters. The molecular weight excluding hydrogens is 346 g/mol. The molecule has 0 spiro atoms. The van der Waals surface area contributed by atoms with Crippen molar-refractivity contribution in [1.82, 2.24) is 25.0 Å². The average Bonchev–Trinajstić information content (AvgIpc) is 3.08. The van der Waals surface area contributed by atoms with Gasteiger partial charge in [0.05, 0.1) is 17.4 Å². The number of carbonyl (C=O) groups excluding carboxylic acids is 1. The van der Waals surface area contributed by atoms with Gasteiger partial charge in [-0.15, -0.1) is 5.06 Å². The first-order valence-electron chi connectivity index (χ1n) is 9.13. The largest absolute Gasteiger partial charge is 0.528 e. The number of rotatable bonds is 2. The zero-order chi connectivity index (χ0) is 19.0. The Morgan fingerprint density at radius 2 is 2.15 bits per heavy atom. The zero-order valence-electron chi connectivity index (χ0n) is 15.7. The van der Waals surface area contributed by atoms with Crippen molar-refractivity contribution >= 4 is 28.1 Å². The van der Waals surface area contributed by atoms with Gasteiger partial charge in [0.25, 0.3) is 0 Å². The van der Waals surface area contributed by atoms with E-state index in [0.29, 0.717) is 13.1 Å². The van der Waals surface area contributed by atoms with Crippen molar-refractivity contribution in [3.8, 4) is 0 Å². The monoisotopic (exact) mass is 369 g/mol. The zero-order valence-corrected chi connectivity index (χ0v) is 15.7. The van der Waals surface area contributed by atoms with E-state index in [9.17, 15) is 4.79 Å². The van der Waals surface area contributed by atoms with Crippen LogP contribution in [0.15, 0.2) is 24.8 Å². The molecule has 3 aromatic heterocycles. The summed E-state index contributed by atoms with van der Waals surface area (Å²) in [6.45, 7) is 6.70. The summed E-state index contributed by atoms with van der Waals surface area (Å²) < 4.78 is 5.26. The first kappa shape index (κ1) is 17.7. The molecule has 3 aromatic rings. The van der Waals surface area contributed by atoms with Crippen molar-refractivity contribution in [3.63, 3.8) is 0 Å². The Hall–Kier alpha value is -2.74. The molecule has 0 bridgehead atoms. The molecule has 4 heterocycles. The number of hydrogen-bond acceptors (Lipinski definition) is 7. The smallest absolute Gasteiger partial charge is 0.427 e. The van der Waals surface area contributed by atoms with Gasteiger partial charge in [-0.1, -0.05) is 0 Å². The predicted molar refractivity (Wildman–Crippen MR) is 100 cm³/mol. The second kappa shape index (κ2) is 6.77. The third-order valence-corrected chi connectivity index (χ3v) is 4.58. The molecule has 142 valence electrons. The Kier molecular flexibility index (Phi) is 4.43. The van der Waals surface area contributed by atoms with E-state index >= 15 is 0 Å². The number of carbonyl (C=O) groups is 1. The Balaban J connectivity index is 1.60. The summed E-state index contributed by atoms with van der Waals surface area (Å²) in [4.78, 5) is 33.9. The normalized spacial score (nSPS) is 18.7. The summed E-state index contributed by atoms with van der Waals surface area (Å²) in [6, 6.07) is 2.00. The molecular formula is C19H23N5O3. The Morgan fingerprint density at radius 1 is 1.30 bits per heavy atom. The summed E-state index contributed by atoms with van der Waals surface area (Å²) in [6.07, 6.45) is 6.40. The minimum absolute atomic E-state index is 0.132. The minimum atomic E-state index is -0.673. The van der Waals surface area contributed by atoms with E-state index in [1.165, 1.54) is 0 Å². The van der Waals surface area contributed by atoms with Crippen molar-refractivity contribution in [2.75, 3.05) is 13.1 Å². The van der Waals surface area contributed by atoms with Crippen molar-refractivity contribution in [2.24, 2.45) is 0 Å². The van der Waals surface area contributed by atoms with Gasteiger partial charge in [0.1, 0.15) is 17.6 Å². The fourth-order valence-electron chi connectivity index (χ4n) is 3.51. The number of aromatic amines is 1. The molecule has 0 amide bonds. The molecule has 4 rings (SSSR count). The van der Waals surface area contributed by atoms with Crippen molar-refractivity contribution < 1.29 is 14.4 Å². The lowest BCUT2D eigenvalue weighted by Gasteiger charge is -2.31. The molecule has 1 saturated heterocycles. The second-order valence-corrected chi connectivity index (χ2v) is 7.80. The lowest BCUT2D eigenvalue weighted by atomic mass is 9.92. The highest BCUT2D eigenvalue weighted by Crippen LogP contribution is 2.33. The van der Waals surface area contributed by atoms with Gasteiger partial charge in [-0.05, 0) is 39.7 Å². The Morgan fingerprint density at radius 3 is 2.96 bits per heavy atom. The third-order valence-electron chi connectivity index (χ3n) is 4.58. The lowest BCUT2D eigenvalue weighted by Crippen LogP contribution is -2.38. The highest BCUT2D eigenvalue weighted by Gasteiger charge is 2.28. The van der Waals surface area contributed by atoms with Crippen LogP contribution < -0.4 is 0 Å². The van der Waals surface area contributed by atoms with Gasteiger partial charge < -0.3 is 14.6 Å². The maximum Gasteiger partial charge on any atom is 0.528 e. The molecule has 27 heavy (non-hydrogen) atoms. The van der Waals surface area contributed by atoms with Crippen LogP contribution in [0.1, 0.15) is 45.2 Å². The van der Waals surface area contributed by atoms with Gasteiger partial charge in [-0.2, -0.15) is 0 Å². The van der Waals surface area contributed by atoms with Gasteiger partial charge in [0.15, 0.2) is 0 Å². The molecule has 1 aliphatic rings. The molecule has 0 radical (unpaired) electrons. The van der Waals surface area contributed by atoms with Crippen LogP contribution in [0.4, 0.5) is 4.79 Å². The average molecular weight is 369 g/mol. The molecule has 0 aliphatic carbocycles. The number of hydrogen-bond donors (Lipinski definition) is 1. The molecule has 1 N–H and O–H groups in total. The number of fused-ring (bicyclic) bond motifs is 3. The first-order valence-corrected chi connectivity index (χ1v) is 9.13. The second-order valence-electron chi connectivity index (χ2n) is 7.80. The number of hydroxylamine groups is 2. The van der Waals surface area contributed by atoms with E-state index in [2.05, 4.69) is 19.9 Å². The summed E-state index contributed by atoms with van der Waals surface area (Å²) >= 11 is 0. The van der Waals surface area contributed by atoms with Crippen LogP contribution in [0.25, 0.3) is 21.9 Å². The van der Waals surface area contributed by atoms with Gasteiger partial charge >= 0.3 is 6.16 Å². The van der Waals surface area contributed by atoms with Crippen molar-refractivity contribution in [1.29, 1.82) is 0 Å². The summed E-state index contributed by atoms with van der Waals surface area (Å²) in [5, 5.41) is 3.69. The quantitative estimate of drug-likeness (QED) is 0.690. The van der Waals surface area contributed by atoms with Crippen LogP contribution in [-0.4, -0.2) is 49.8 Å². The van der Waals surface area contributed by atoms with Gasteiger partial charge in [-0.25, -0.2) is 19.7 Å². The maximum absolute atomic E-state index is 12.0. The number of ether oxygens (including phenoxy) is 1.